The van der Waals surface area contributed by atoms with E-state index >= 15 is 0 Å². The fraction of sp³-hybridized carbons (Fsp3) is 0.111. The Morgan fingerprint density at radius 1 is 1.04 bits per heavy atom. The van der Waals surface area contributed by atoms with E-state index in [0.717, 1.165) is 5.56 Å². The van der Waals surface area contributed by atoms with E-state index in [0.29, 0.717) is 22.6 Å². The fourth-order valence-electron chi connectivity index (χ4n) is 2.30. The molecule has 1 heterocycles. The van der Waals surface area contributed by atoms with Gasteiger partial charge in [0.05, 0.1) is 26.0 Å². The second-order valence-electron chi connectivity index (χ2n) is 4.96. The van der Waals surface area contributed by atoms with Crippen molar-refractivity contribution < 1.29 is 18.8 Å². The van der Waals surface area contributed by atoms with Gasteiger partial charge in [-0.25, -0.2) is 0 Å². The summed E-state index contributed by atoms with van der Waals surface area (Å²) in [5.74, 6) is 1.20. The number of aromatic nitrogens is 1. The predicted octanol–water partition coefficient (Wildman–Crippen LogP) is 3.61. The predicted molar refractivity (Wildman–Crippen MR) is 89.4 cm³/mol. The summed E-state index contributed by atoms with van der Waals surface area (Å²) in [6.45, 7) is 0. The summed E-state index contributed by atoms with van der Waals surface area (Å²) in [5, 5.41) is 6.51. The van der Waals surface area contributed by atoms with E-state index in [9.17, 15) is 4.79 Å². The van der Waals surface area contributed by atoms with Crippen LogP contribution in [0.1, 0.15) is 10.4 Å². The molecule has 1 aromatic heterocycles. The molecule has 0 unspecified atom stereocenters. The van der Waals surface area contributed by atoms with Crippen LogP contribution in [0.15, 0.2) is 59.3 Å². The first-order chi connectivity index (χ1) is 11.7. The highest BCUT2D eigenvalue weighted by Crippen LogP contribution is 2.35. The third-order valence-corrected chi connectivity index (χ3v) is 3.53. The van der Waals surface area contributed by atoms with Crippen molar-refractivity contribution in [3.63, 3.8) is 0 Å². The molecule has 122 valence electrons. The SMILES string of the molecule is COc1ccc(-c2cnoc2NC(=O)c2ccccc2)cc1OC. The van der Waals surface area contributed by atoms with Crippen molar-refractivity contribution in [1.82, 2.24) is 5.16 Å². The lowest BCUT2D eigenvalue weighted by Crippen LogP contribution is -2.11. The normalized spacial score (nSPS) is 10.2. The van der Waals surface area contributed by atoms with Crippen molar-refractivity contribution in [1.29, 1.82) is 0 Å². The van der Waals surface area contributed by atoms with E-state index in [-0.39, 0.29) is 11.8 Å². The Balaban J connectivity index is 1.89. The highest BCUT2D eigenvalue weighted by atomic mass is 16.5. The lowest BCUT2D eigenvalue weighted by Gasteiger charge is -2.09. The molecule has 3 rings (SSSR count). The average Bonchev–Trinajstić information content (AvgIpc) is 3.09. The molecule has 6 nitrogen and oxygen atoms in total. The fourth-order valence-corrected chi connectivity index (χ4v) is 2.30. The largest absolute Gasteiger partial charge is 0.493 e. The van der Waals surface area contributed by atoms with E-state index in [2.05, 4.69) is 10.5 Å². The minimum Gasteiger partial charge on any atom is -0.493 e. The molecule has 0 aliphatic rings. The number of hydrogen-bond acceptors (Lipinski definition) is 5. The lowest BCUT2D eigenvalue weighted by atomic mass is 10.1. The number of anilines is 1. The molecular formula is C18H16N2O4. The van der Waals surface area contributed by atoms with Gasteiger partial charge in [0.2, 0.25) is 5.88 Å². The summed E-state index contributed by atoms with van der Waals surface area (Å²) < 4.78 is 15.7. The molecule has 0 radical (unpaired) electrons. The van der Waals surface area contributed by atoms with Crippen LogP contribution in [0.4, 0.5) is 5.88 Å². The molecule has 2 aromatic carbocycles. The van der Waals surface area contributed by atoms with Gasteiger partial charge in [-0.15, -0.1) is 0 Å². The van der Waals surface area contributed by atoms with E-state index < -0.39 is 0 Å². The minimum atomic E-state index is -0.269. The highest BCUT2D eigenvalue weighted by molar-refractivity contribution is 6.05. The van der Waals surface area contributed by atoms with Gasteiger partial charge in [-0.3, -0.25) is 10.1 Å². The molecular weight excluding hydrogens is 308 g/mol. The van der Waals surface area contributed by atoms with Crippen molar-refractivity contribution in [2.75, 3.05) is 19.5 Å². The first-order valence-electron chi connectivity index (χ1n) is 7.26. The summed E-state index contributed by atoms with van der Waals surface area (Å²) in [7, 11) is 3.13. The summed E-state index contributed by atoms with van der Waals surface area (Å²) >= 11 is 0. The van der Waals surface area contributed by atoms with Crippen LogP contribution in [-0.2, 0) is 0 Å². The zero-order chi connectivity index (χ0) is 16.9. The molecule has 0 aliphatic carbocycles. The molecule has 0 atom stereocenters. The number of benzene rings is 2. The van der Waals surface area contributed by atoms with Gasteiger partial charge in [0.15, 0.2) is 11.5 Å². The molecule has 0 fully saturated rings. The van der Waals surface area contributed by atoms with E-state index in [1.54, 1.807) is 56.8 Å². The van der Waals surface area contributed by atoms with Gasteiger partial charge in [-0.2, -0.15) is 0 Å². The number of nitrogens with zero attached hydrogens (tertiary/aromatic N) is 1. The Morgan fingerprint density at radius 2 is 1.79 bits per heavy atom. The van der Waals surface area contributed by atoms with Crippen LogP contribution in [0.5, 0.6) is 11.5 Å². The summed E-state index contributed by atoms with van der Waals surface area (Å²) in [6, 6.07) is 14.3. The van der Waals surface area contributed by atoms with Crippen LogP contribution in [0.2, 0.25) is 0 Å². The van der Waals surface area contributed by atoms with Gasteiger partial charge >= 0.3 is 0 Å². The van der Waals surface area contributed by atoms with Gasteiger partial charge in [-0.1, -0.05) is 29.4 Å². The van der Waals surface area contributed by atoms with Crippen LogP contribution in [0.25, 0.3) is 11.1 Å². The number of rotatable bonds is 5. The van der Waals surface area contributed by atoms with Crippen molar-refractivity contribution in [3.05, 3.63) is 60.3 Å². The second kappa shape index (κ2) is 6.87. The van der Waals surface area contributed by atoms with Crippen molar-refractivity contribution >= 4 is 11.8 Å². The zero-order valence-corrected chi connectivity index (χ0v) is 13.3. The standard InChI is InChI=1S/C18H16N2O4/c1-22-15-9-8-13(10-16(15)23-2)14-11-19-24-18(14)20-17(21)12-6-4-3-5-7-12/h3-11H,1-2H3,(H,20,21). The number of hydrogen-bond donors (Lipinski definition) is 1. The van der Waals surface area contributed by atoms with E-state index in [1.807, 2.05) is 12.1 Å². The molecule has 0 spiro atoms. The molecule has 1 N–H and O–H groups in total. The Morgan fingerprint density at radius 3 is 2.50 bits per heavy atom. The number of carbonyl (C=O) groups excluding carboxylic acids is 1. The van der Waals surface area contributed by atoms with Crippen LogP contribution in [0.3, 0.4) is 0 Å². The van der Waals surface area contributed by atoms with Crippen LogP contribution in [-0.4, -0.2) is 25.3 Å². The first-order valence-corrected chi connectivity index (χ1v) is 7.26. The molecule has 0 bridgehead atoms. The third-order valence-electron chi connectivity index (χ3n) is 3.53. The molecule has 6 heteroatoms. The summed E-state index contributed by atoms with van der Waals surface area (Å²) in [4.78, 5) is 12.3. The Hall–Kier alpha value is -3.28. The summed E-state index contributed by atoms with van der Waals surface area (Å²) in [6.07, 6.45) is 1.54. The smallest absolute Gasteiger partial charge is 0.258 e. The van der Waals surface area contributed by atoms with Gasteiger partial charge < -0.3 is 14.0 Å². The molecule has 0 saturated carbocycles. The van der Waals surface area contributed by atoms with E-state index in [1.165, 1.54) is 0 Å². The Labute approximate surface area is 139 Å². The van der Waals surface area contributed by atoms with E-state index in [4.69, 9.17) is 14.0 Å². The number of methoxy groups -OCH3 is 2. The van der Waals surface area contributed by atoms with Gasteiger partial charge in [0.1, 0.15) is 0 Å². The number of carbonyl (C=O) groups is 1. The van der Waals surface area contributed by atoms with Crippen molar-refractivity contribution in [2.45, 2.75) is 0 Å². The third kappa shape index (κ3) is 3.08. The maximum Gasteiger partial charge on any atom is 0.258 e. The maximum absolute atomic E-state index is 12.3. The Bertz CT molecular complexity index is 843. The average molecular weight is 324 g/mol. The molecule has 24 heavy (non-hydrogen) atoms. The molecule has 1 amide bonds. The van der Waals surface area contributed by atoms with Gasteiger partial charge in [0, 0.05) is 5.56 Å². The number of amides is 1. The molecule has 0 aliphatic heterocycles. The minimum absolute atomic E-state index is 0.269. The topological polar surface area (TPSA) is 73.6 Å². The number of ether oxygens (including phenoxy) is 2. The zero-order valence-electron chi connectivity index (χ0n) is 13.3. The van der Waals surface area contributed by atoms with Gasteiger partial charge in [-0.05, 0) is 29.8 Å². The molecule has 3 aromatic rings. The Kier molecular flexibility index (Phi) is 4.47. The number of nitrogens with one attached hydrogen (secondary N) is 1. The van der Waals surface area contributed by atoms with Crippen molar-refractivity contribution in [2.24, 2.45) is 0 Å². The van der Waals surface area contributed by atoms with Crippen LogP contribution < -0.4 is 14.8 Å². The lowest BCUT2D eigenvalue weighted by molar-refractivity contribution is 0.102. The quantitative estimate of drug-likeness (QED) is 0.776. The summed E-state index contributed by atoms with van der Waals surface area (Å²) in [5.41, 5.74) is 1.98. The molecule has 0 saturated heterocycles. The van der Waals surface area contributed by atoms with Crippen LogP contribution >= 0.6 is 0 Å². The van der Waals surface area contributed by atoms with Crippen molar-refractivity contribution in [3.8, 4) is 22.6 Å². The second-order valence-corrected chi connectivity index (χ2v) is 4.96. The first kappa shape index (κ1) is 15.6. The highest BCUT2D eigenvalue weighted by Gasteiger charge is 2.16. The van der Waals surface area contributed by atoms with Gasteiger partial charge in [0.25, 0.3) is 5.91 Å². The monoisotopic (exact) mass is 324 g/mol. The van der Waals surface area contributed by atoms with Crippen LogP contribution in [0, 0.1) is 0 Å². The maximum atomic E-state index is 12.3.